The molecule has 1 aliphatic rings. The van der Waals surface area contributed by atoms with Crippen molar-refractivity contribution in [2.45, 2.75) is 38.5 Å². The van der Waals surface area contributed by atoms with Crippen LogP contribution in [-0.2, 0) is 4.74 Å². The minimum atomic E-state index is -0.305. The number of carbonyl (C=O) groups is 1. The summed E-state index contributed by atoms with van der Waals surface area (Å²) >= 11 is 0. The summed E-state index contributed by atoms with van der Waals surface area (Å²) in [6.07, 6.45) is 0.871. The Balaban J connectivity index is 1.69. The van der Waals surface area contributed by atoms with E-state index in [1.165, 1.54) is 12.1 Å². The van der Waals surface area contributed by atoms with Crippen molar-refractivity contribution >= 4 is 6.03 Å². The van der Waals surface area contributed by atoms with Crippen LogP contribution >= 0.6 is 0 Å². The van der Waals surface area contributed by atoms with E-state index < -0.39 is 0 Å². The van der Waals surface area contributed by atoms with Crippen molar-refractivity contribution in [3.63, 3.8) is 0 Å². The van der Waals surface area contributed by atoms with Crippen LogP contribution in [0.2, 0.25) is 0 Å². The van der Waals surface area contributed by atoms with Gasteiger partial charge in [-0.15, -0.1) is 0 Å². The van der Waals surface area contributed by atoms with Gasteiger partial charge in [0.1, 0.15) is 18.2 Å². The first kappa shape index (κ1) is 15.6. The van der Waals surface area contributed by atoms with Crippen LogP contribution in [0.4, 0.5) is 9.18 Å². The summed E-state index contributed by atoms with van der Waals surface area (Å²) in [6, 6.07) is 5.44. The Morgan fingerprint density at radius 2 is 2.19 bits per heavy atom. The molecule has 1 heterocycles. The van der Waals surface area contributed by atoms with Crippen LogP contribution in [-0.4, -0.2) is 37.4 Å². The van der Waals surface area contributed by atoms with E-state index in [0.717, 1.165) is 6.42 Å². The van der Waals surface area contributed by atoms with E-state index in [-0.39, 0.29) is 30.0 Å². The first-order chi connectivity index (χ1) is 10.0. The van der Waals surface area contributed by atoms with Crippen LogP contribution in [0.15, 0.2) is 24.3 Å². The maximum absolute atomic E-state index is 12.8. The number of rotatable bonds is 5. The fourth-order valence-electron chi connectivity index (χ4n) is 2.15. The molecule has 116 valence electrons. The highest BCUT2D eigenvalue weighted by Crippen LogP contribution is 2.13. The van der Waals surface area contributed by atoms with E-state index in [0.29, 0.717) is 19.0 Å². The molecule has 1 aromatic rings. The number of amides is 2. The van der Waals surface area contributed by atoms with Crippen LogP contribution in [0.3, 0.4) is 0 Å². The van der Waals surface area contributed by atoms with Gasteiger partial charge < -0.3 is 20.1 Å². The lowest BCUT2D eigenvalue weighted by Gasteiger charge is -2.19. The Morgan fingerprint density at radius 3 is 2.81 bits per heavy atom. The molecule has 1 aliphatic heterocycles. The van der Waals surface area contributed by atoms with Gasteiger partial charge in [-0.25, -0.2) is 9.18 Å². The fourth-order valence-corrected chi connectivity index (χ4v) is 2.15. The smallest absolute Gasteiger partial charge is 0.315 e. The summed E-state index contributed by atoms with van der Waals surface area (Å²) in [5.74, 6) is 0.268. The molecule has 1 aromatic carbocycles. The summed E-state index contributed by atoms with van der Waals surface area (Å²) in [5, 5.41) is 5.69. The molecule has 2 N–H and O–H groups in total. The third kappa shape index (κ3) is 4.90. The SMILES string of the molecule is C[C@H](COc1ccc(F)cc1)NC(=O)N[C@@H]1CCO[C@@H]1C. The number of carbonyl (C=O) groups excluding carboxylic acids is 1. The number of ether oxygens (including phenoxy) is 2. The zero-order chi connectivity index (χ0) is 15.2. The lowest BCUT2D eigenvalue weighted by molar-refractivity contribution is 0.114. The molecule has 0 radical (unpaired) electrons. The summed E-state index contributed by atoms with van der Waals surface area (Å²) < 4.78 is 23.6. The largest absolute Gasteiger partial charge is 0.491 e. The van der Waals surface area contributed by atoms with Gasteiger partial charge in [0.15, 0.2) is 0 Å². The quantitative estimate of drug-likeness (QED) is 0.874. The number of urea groups is 1. The molecule has 2 rings (SSSR count). The number of benzene rings is 1. The zero-order valence-electron chi connectivity index (χ0n) is 12.3. The van der Waals surface area contributed by atoms with E-state index in [2.05, 4.69) is 10.6 Å². The first-order valence-electron chi connectivity index (χ1n) is 7.11. The van der Waals surface area contributed by atoms with Gasteiger partial charge >= 0.3 is 6.03 Å². The summed E-state index contributed by atoms with van der Waals surface area (Å²) in [6.45, 7) is 4.78. The average Bonchev–Trinajstić information content (AvgIpc) is 2.83. The second-order valence-electron chi connectivity index (χ2n) is 5.25. The summed E-state index contributed by atoms with van der Waals surface area (Å²) in [4.78, 5) is 11.8. The Labute approximate surface area is 123 Å². The van der Waals surface area contributed by atoms with Gasteiger partial charge in [-0.3, -0.25) is 0 Å². The molecule has 2 amide bonds. The second kappa shape index (κ2) is 7.26. The lowest BCUT2D eigenvalue weighted by Crippen LogP contribution is -2.48. The van der Waals surface area contributed by atoms with Gasteiger partial charge in [-0.1, -0.05) is 0 Å². The van der Waals surface area contributed by atoms with Gasteiger partial charge in [-0.05, 0) is 44.5 Å². The number of hydrogen-bond acceptors (Lipinski definition) is 3. The number of hydrogen-bond donors (Lipinski definition) is 2. The molecule has 5 nitrogen and oxygen atoms in total. The van der Waals surface area contributed by atoms with E-state index in [1.807, 2.05) is 13.8 Å². The molecule has 0 bridgehead atoms. The standard InChI is InChI=1S/C15H21FN2O3/c1-10(9-21-13-5-3-12(16)4-6-13)17-15(19)18-14-7-8-20-11(14)2/h3-6,10-11,14H,7-9H2,1-2H3,(H2,17,18,19)/t10-,11-,14-/m1/s1. The van der Waals surface area contributed by atoms with Gasteiger partial charge in [0, 0.05) is 6.61 Å². The Hall–Kier alpha value is -1.82. The topological polar surface area (TPSA) is 59.6 Å². The maximum Gasteiger partial charge on any atom is 0.315 e. The number of nitrogens with one attached hydrogen (secondary N) is 2. The van der Waals surface area contributed by atoms with Gasteiger partial charge in [0.05, 0.1) is 18.2 Å². The van der Waals surface area contributed by atoms with Gasteiger partial charge in [-0.2, -0.15) is 0 Å². The molecule has 0 saturated carbocycles. The van der Waals surface area contributed by atoms with E-state index in [1.54, 1.807) is 12.1 Å². The maximum atomic E-state index is 12.8. The fraction of sp³-hybridized carbons (Fsp3) is 0.533. The predicted molar refractivity (Wildman–Crippen MR) is 76.8 cm³/mol. The summed E-state index contributed by atoms with van der Waals surface area (Å²) in [5.41, 5.74) is 0. The highest BCUT2D eigenvalue weighted by atomic mass is 19.1. The molecule has 0 aliphatic carbocycles. The molecule has 0 spiro atoms. The Kier molecular flexibility index (Phi) is 5.38. The molecule has 6 heteroatoms. The zero-order valence-corrected chi connectivity index (χ0v) is 12.3. The molecule has 1 saturated heterocycles. The average molecular weight is 296 g/mol. The predicted octanol–water partition coefficient (Wildman–Crippen LogP) is 2.07. The normalized spacial score (nSPS) is 22.6. The van der Waals surface area contributed by atoms with Crippen molar-refractivity contribution in [2.75, 3.05) is 13.2 Å². The van der Waals surface area contributed by atoms with Crippen molar-refractivity contribution in [3.05, 3.63) is 30.1 Å². The Morgan fingerprint density at radius 1 is 1.48 bits per heavy atom. The van der Waals surface area contributed by atoms with Crippen molar-refractivity contribution < 1.29 is 18.7 Å². The van der Waals surface area contributed by atoms with Crippen molar-refractivity contribution in [1.29, 1.82) is 0 Å². The molecule has 21 heavy (non-hydrogen) atoms. The second-order valence-corrected chi connectivity index (χ2v) is 5.25. The molecule has 0 unspecified atom stereocenters. The summed E-state index contributed by atoms with van der Waals surface area (Å²) in [7, 11) is 0. The molecule has 3 atom stereocenters. The molecule has 1 fully saturated rings. The van der Waals surface area contributed by atoms with Crippen molar-refractivity contribution in [2.24, 2.45) is 0 Å². The first-order valence-corrected chi connectivity index (χ1v) is 7.11. The van der Waals surface area contributed by atoms with Crippen LogP contribution in [0.1, 0.15) is 20.3 Å². The number of halogens is 1. The van der Waals surface area contributed by atoms with Crippen LogP contribution in [0, 0.1) is 5.82 Å². The Bertz CT molecular complexity index is 466. The molecular weight excluding hydrogens is 275 g/mol. The van der Waals surface area contributed by atoms with Gasteiger partial charge in [0.2, 0.25) is 0 Å². The van der Waals surface area contributed by atoms with Crippen molar-refractivity contribution in [1.82, 2.24) is 10.6 Å². The minimum absolute atomic E-state index is 0.0431. The lowest BCUT2D eigenvalue weighted by atomic mass is 10.2. The van der Waals surface area contributed by atoms with Crippen LogP contribution in [0.5, 0.6) is 5.75 Å². The third-order valence-corrected chi connectivity index (χ3v) is 3.38. The van der Waals surface area contributed by atoms with Gasteiger partial charge in [0.25, 0.3) is 0 Å². The van der Waals surface area contributed by atoms with E-state index in [4.69, 9.17) is 9.47 Å². The van der Waals surface area contributed by atoms with Crippen LogP contribution in [0.25, 0.3) is 0 Å². The monoisotopic (exact) mass is 296 g/mol. The van der Waals surface area contributed by atoms with E-state index in [9.17, 15) is 9.18 Å². The highest BCUT2D eigenvalue weighted by molar-refractivity contribution is 5.74. The van der Waals surface area contributed by atoms with Crippen molar-refractivity contribution in [3.8, 4) is 5.75 Å². The highest BCUT2D eigenvalue weighted by Gasteiger charge is 2.25. The molecule has 0 aromatic heterocycles. The minimum Gasteiger partial charge on any atom is -0.491 e. The van der Waals surface area contributed by atoms with E-state index >= 15 is 0 Å². The third-order valence-electron chi connectivity index (χ3n) is 3.38. The molecular formula is C15H21FN2O3. The van der Waals surface area contributed by atoms with Crippen LogP contribution < -0.4 is 15.4 Å².